The lowest BCUT2D eigenvalue weighted by Gasteiger charge is -2.21. The molecule has 3 rings (SSSR count). The second-order valence-electron chi connectivity index (χ2n) is 7.91. The van der Waals surface area contributed by atoms with E-state index in [-0.39, 0.29) is 17.7 Å². The Balaban J connectivity index is 1.98. The molecule has 0 spiro atoms. The number of methoxy groups -OCH3 is 2. The number of nitrogens with zero attached hydrogens (tertiary/aromatic N) is 4. The van der Waals surface area contributed by atoms with Gasteiger partial charge in [0.2, 0.25) is 11.9 Å². The highest BCUT2D eigenvalue weighted by molar-refractivity contribution is 7.99. The summed E-state index contributed by atoms with van der Waals surface area (Å²) in [4.78, 5) is 28.5. The predicted molar refractivity (Wildman–Crippen MR) is 130 cm³/mol. The minimum atomic E-state index is -0.626. The summed E-state index contributed by atoms with van der Waals surface area (Å²) >= 11 is 1.33. The van der Waals surface area contributed by atoms with Crippen LogP contribution in [0.1, 0.15) is 20.3 Å². The zero-order valence-corrected chi connectivity index (χ0v) is 20.6. The van der Waals surface area contributed by atoms with Crippen molar-refractivity contribution in [2.75, 3.05) is 31.5 Å². The average Bonchev–Trinajstić information content (AvgIpc) is 2.82. The number of hydrogen-bond acceptors (Lipinski definition) is 9. The fourth-order valence-corrected chi connectivity index (χ4v) is 3.88. The Bertz CT molecular complexity index is 1110. The van der Waals surface area contributed by atoms with Crippen molar-refractivity contribution < 1.29 is 18.7 Å². The molecule has 0 amide bonds. The van der Waals surface area contributed by atoms with Gasteiger partial charge in [0.05, 0.1) is 14.2 Å². The first-order valence-electron chi connectivity index (χ1n) is 10.7. The van der Waals surface area contributed by atoms with Gasteiger partial charge in [-0.2, -0.15) is 15.0 Å². The number of hydrogen-bond donors (Lipinski definition) is 1. The summed E-state index contributed by atoms with van der Waals surface area (Å²) in [6, 6.07) is 13.0. The number of rotatable bonds is 10. The molecule has 1 N–H and O–H groups in total. The van der Waals surface area contributed by atoms with Crippen LogP contribution in [0.4, 0.5) is 22.0 Å². The summed E-state index contributed by atoms with van der Waals surface area (Å²) in [5.74, 6) is 0.725. The summed E-state index contributed by atoms with van der Waals surface area (Å²) in [5, 5.41) is 3.50. The molecular weight excluding hydrogens is 457 g/mol. The quantitative estimate of drug-likeness (QED) is 0.401. The molecule has 8 nitrogen and oxygen atoms in total. The topological polar surface area (TPSA) is 89.5 Å². The van der Waals surface area contributed by atoms with Crippen molar-refractivity contribution in [3.8, 4) is 5.75 Å². The van der Waals surface area contributed by atoms with Crippen LogP contribution in [0.15, 0.2) is 58.6 Å². The highest BCUT2D eigenvalue weighted by Crippen LogP contribution is 2.30. The first kappa shape index (κ1) is 25.2. The molecule has 0 saturated carbocycles. The van der Waals surface area contributed by atoms with Crippen molar-refractivity contribution in [2.24, 2.45) is 5.92 Å². The zero-order valence-electron chi connectivity index (χ0n) is 19.8. The smallest absolute Gasteiger partial charge is 0.328 e. The van der Waals surface area contributed by atoms with Gasteiger partial charge in [-0.25, -0.2) is 9.18 Å². The van der Waals surface area contributed by atoms with Crippen LogP contribution in [0.25, 0.3) is 0 Å². The summed E-state index contributed by atoms with van der Waals surface area (Å²) < 4.78 is 24.0. The average molecular weight is 486 g/mol. The minimum absolute atomic E-state index is 0.223. The lowest BCUT2D eigenvalue weighted by atomic mass is 10.0. The van der Waals surface area contributed by atoms with E-state index in [2.05, 4.69) is 20.3 Å². The van der Waals surface area contributed by atoms with Crippen LogP contribution in [-0.2, 0) is 9.53 Å². The second-order valence-corrected chi connectivity index (χ2v) is 8.95. The maximum atomic E-state index is 13.8. The zero-order chi connectivity index (χ0) is 24.7. The van der Waals surface area contributed by atoms with E-state index < -0.39 is 12.0 Å². The van der Waals surface area contributed by atoms with Crippen molar-refractivity contribution in [2.45, 2.75) is 36.4 Å². The maximum Gasteiger partial charge on any atom is 0.328 e. The number of carbonyl (C=O) groups is 1. The molecule has 0 aliphatic heterocycles. The molecule has 1 atom stereocenters. The number of anilines is 3. The second kappa shape index (κ2) is 11.6. The molecule has 1 aromatic heterocycles. The lowest BCUT2D eigenvalue weighted by Crippen LogP contribution is -2.33. The molecule has 0 aliphatic carbocycles. The SMILES string of the molecule is COC(=O)[C@@H](CC(C)C)Nc1nc(Sc2ccc(OC)cc2)nc(N(C)c2cccc(F)c2)n1. The van der Waals surface area contributed by atoms with Crippen LogP contribution in [0.3, 0.4) is 0 Å². The van der Waals surface area contributed by atoms with Crippen LogP contribution >= 0.6 is 11.8 Å². The molecule has 0 bridgehead atoms. The number of ether oxygens (including phenoxy) is 2. The Kier molecular flexibility index (Phi) is 8.64. The van der Waals surface area contributed by atoms with Gasteiger partial charge in [0.25, 0.3) is 0 Å². The van der Waals surface area contributed by atoms with E-state index in [0.717, 1.165) is 10.6 Å². The third-order valence-electron chi connectivity index (χ3n) is 4.86. The van der Waals surface area contributed by atoms with E-state index in [9.17, 15) is 9.18 Å². The van der Waals surface area contributed by atoms with Gasteiger partial charge < -0.3 is 19.7 Å². The first-order valence-corrected chi connectivity index (χ1v) is 11.5. The van der Waals surface area contributed by atoms with E-state index in [1.807, 2.05) is 38.1 Å². The Labute approximate surface area is 202 Å². The summed E-state index contributed by atoms with van der Waals surface area (Å²) in [7, 11) is 4.69. The number of nitrogens with one attached hydrogen (secondary N) is 1. The van der Waals surface area contributed by atoms with Gasteiger partial charge in [0, 0.05) is 17.6 Å². The molecule has 3 aromatic rings. The van der Waals surface area contributed by atoms with E-state index in [0.29, 0.717) is 23.2 Å². The molecular formula is C24H28FN5O3S. The first-order chi connectivity index (χ1) is 16.3. The molecule has 2 aromatic carbocycles. The van der Waals surface area contributed by atoms with Gasteiger partial charge in [-0.1, -0.05) is 19.9 Å². The monoisotopic (exact) mass is 485 g/mol. The fraction of sp³-hybridized carbons (Fsp3) is 0.333. The van der Waals surface area contributed by atoms with Crippen molar-refractivity contribution in [3.63, 3.8) is 0 Å². The van der Waals surface area contributed by atoms with Crippen molar-refractivity contribution >= 4 is 35.3 Å². The molecule has 0 aliphatic rings. The Morgan fingerprint density at radius 3 is 2.47 bits per heavy atom. The number of halogens is 1. The van der Waals surface area contributed by atoms with Gasteiger partial charge in [-0.3, -0.25) is 0 Å². The highest BCUT2D eigenvalue weighted by Gasteiger charge is 2.23. The van der Waals surface area contributed by atoms with Crippen molar-refractivity contribution in [1.82, 2.24) is 15.0 Å². The van der Waals surface area contributed by atoms with Gasteiger partial charge in [-0.15, -0.1) is 0 Å². The van der Waals surface area contributed by atoms with Crippen LogP contribution in [0.2, 0.25) is 0 Å². The van der Waals surface area contributed by atoms with E-state index in [4.69, 9.17) is 9.47 Å². The van der Waals surface area contributed by atoms with Crippen molar-refractivity contribution in [1.29, 1.82) is 0 Å². The molecule has 0 fully saturated rings. The Morgan fingerprint density at radius 2 is 1.85 bits per heavy atom. The molecule has 10 heteroatoms. The van der Waals surface area contributed by atoms with Gasteiger partial charge in [-0.05, 0) is 66.6 Å². The number of carbonyl (C=O) groups excluding carboxylic acids is 1. The maximum absolute atomic E-state index is 13.8. The minimum Gasteiger partial charge on any atom is -0.497 e. The Morgan fingerprint density at radius 1 is 1.12 bits per heavy atom. The van der Waals surface area contributed by atoms with Crippen LogP contribution < -0.4 is 15.0 Å². The molecule has 34 heavy (non-hydrogen) atoms. The molecule has 180 valence electrons. The van der Waals surface area contributed by atoms with Crippen molar-refractivity contribution in [3.05, 3.63) is 54.3 Å². The van der Waals surface area contributed by atoms with Crippen LogP contribution in [-0.4, -0.2) is 48.2 Å². The van der Waals surface area contributed by atoms with E-state index >= 15 is 0 Å². The van der Waals surface area contributed by atoms with E-state index in [1.54, 1.807) is 31.2 Å². The van der Waals surface area contributed by atoms with Gasteiger partial charge in [0.15, 0.2) is 5.16 Å². The molecule has 0 unspecified atom stereocenters. The molecule has 1 heterocycles. The Hall–Kier alpha value is -3.40. The highest BCUT2D eigenvalue weighted by atomic mass is 32.2. The van der Waals surface area contributed by atoms with Gasteiger partial charge >= 0.3 is 5.97 Å². The number of aromatic nitrogens is 3. The number of esters is 1. The number of benzene rings is 2. The van der Waals surface area contributed by atoms with Crippen LogP contribution in [0.5, 0.6) is 5.75 Å². The van der Waals surface area contributed by atoms with Crippen LogP contribution in [0, 0.1) is 11.7 Å². The fourth-order valence-electron chi connectivity index (χ4n) is 3.14. The lowest BCUT2D eigenvalue weighted by molar-refractivity contribution is -0.141. The third kappa shape index (κ3) is 6.80. The third-order valence-corrected chi connectivity index (χ3v) is 5.74. The van der Waals surface area contributed by atoms with E-state index in [1.165, 1.54) is 31.0 Å². The summed E-state index contributed by atoms with van der Waals surface area (Å²) in [6.07, 6.45) is 0.536. The standard InChI is InChI=1S/C24H28FN5O3S/c1-15(2)13-20(21(31)33-5)26-22-27-23(30(3)17-8-6-7-16(25)14-17)29-24(28-22)34-19-11-9-18(32-4)10-12-19/h6-12,14-15,20H,13H2,1-5H3,(H,26,27,28,29)/t20-/m1/s1. The molecule has 0 radical (unpaired) electrons. The normalized spacial score (nSPS) is 11.7. The summed E-state index contributed by atoms with van der Waals surface area (Å²) in [5.41, 5.74) is 0.573. The van der Waals surface area contributed by atoms with Gasteiger partial charge in [0.1, 0.15) is 17.6 Å². The molecule has 0 saturated heterocycles. The predicted octanol–water partition coefficient (Wildman–Crippen LogP) is 4.94. The summed E-state index contributed by atoms with van der Waals surface area (Å²) in [6.45, 7) is 4.03. The largest absolute Gasteiger partial charge is 0.497 e.